The van der Waals surface area contributed by atoms with Crippen LogP contribution in [0.4, 0.5) is 0 Å². The summed E-state index contributed by atoms with van der Waals surface area (Å²) in [6, 6.07) is 7.64. The first-order chi connectivity index (χ1) is 11.3. The minimum absolute atomic E-state index is 0.0300. The molecule has 1 aliphatic heterocycles. The number of fused-ring (bicyclic) bond motifs is 1. The second kappa shape index (κ2) is 5.92. The molecular formula is C16H18N6O. The van der Waals surface area contributed by atoms with Crippen molar-refractivity contribution in [1.29, 1.82) is 0 Å². The lowest BCUT2D eigenvalue weighted by Gasteiger charge is -2.23. The highest BCUT2D eigenvalue weighted by Crippen LogP contribution is 2.20. The fourth-order valence-electron chi connectivity index (χ4n) is 3.25. The van der Waals surface area contributed by atoms with Gasteiger partial charge in [0.2, 0.25) is 0 Å². The van der Waals surface area contributed by atoms with Crippen LogP contribution in [0.3, 0.4) is 0 Å². The summed E-state index contributed by atoms with van der Waals surface area (Å²) in [6.45, 7) is 2.54. The summed E-state index contributed by atoms with van der Waals surface area (Å²) in [6.07, 6.45) is 7.35. The van der Waals surface area contributed by atoms with Gasteiger partial charge in [-0.15, -0.1) is 0 Å². The summed E-state index contributed by atoms with van der Waals surface area (Å²) in [5, 5.41) is 4.19. The lowest BCUT2D eigenvalue weighted by molar-refractivity contribution is 0.216. The van der Waals surface area contributed by atoms with Crippen molar-refractivity contribution >= 4 is 5.65 Å². The molecule has 4 rings (SSSR count). The maximum atomic E-state index is 12.2. The molecule has 0 N–H and O–H groups in total. The largest absolute Gasteiger partial charge is 0.293 e. The van der Waals surface area contributed by atoms with Gasteiger partial charge in [0.05, 0.1) is 12.2 Å². The van der Waals surface area contributed by atoms with Crippen LogP contribution in [-0.4, -0.2) is 41.6 Å². The van der Waals surface area contributed by atoms with Gasteiger partial charge in [0.25, 0.3) is 5.56 Å². The Bertz CT molecular complexity index is 856. The zero-order chi connectivity index (χ0) is 15.6. The van der Waals surface area contributed by atoms with Gasteiger partial charge in [-0.05, 0) is 31.5 Å². The monoisotopic (exact) mass is 310 g/mol. The molecule has 1 saturated heterocycles. The third-order valence-corrected chi connectivity index (χ3v) is 4.35. The Morgan fingerprint density at radius 3 is 3.13 bits per heavy atom. The van der Waals surface area contributed by atoms with Crippen molar-refractivity contribution in [3.8, 4) is 0 Å². The predicted octanol–water partition coefficient (Wildman–Crippen LogP) is 0.951. The number of rotatable bonds is 4. The van der Waals surface area contributed by atoms with Gasteiger partial charge in [-0.1, -0.05) is 6.07 Å². The van der Waals surface area contributed by atoms with Crippen LogP contribution in [-0.2, 0) is 13.1 Å². The van der Waals surface area contributed by atoms with Gasteiger partial charge in [0.15, 0.2) is 0 Å². The van der Waals surface area contributed by atoms with Gasteiger partial charge in [0.1, 0.15) is 18.3 Å². The van der Waals surface area contributed by atoms with E-state index in [0.29, 0.717) is 18.2 Å². The SMILES string of the molecule is O=c1cc(CN2CCC[C@@H]2Cn2cncn2)nc2ccccn12. The molecule has 0 amide bonds. The van der Waals surface area contributed by atoms with Crippen LogP contribution < -0.4 is 5.56 Å². The van der Waals surface area contributed by atoms with Gasteiger partial charge >= 0.3 is 0 Å². The molecule has 1 aliphatic rings. The van der Waals surface area contributed by atoms with E-state index in [1.165, 1.54) is 0 Å². The van der Waals surface area contributed by atoms with Crippen molar-refractivity contribution in [2.24, 2.45) is 0 Å². The highest BCUT2D eigenvalue weighted by atomic mass is 16.1. The topological polar surface area (TPSA) is 68.3 Å². The minimum atomic E-state index is -0.0300. The van der Waals surface area contributed by atoms with Crippen LogP contribution in [0.15, 0.2) is 47.9 Å². The Kier molecular flexibility index (Phi) is 3.63. The number of hydrogen-bond donors (Lipinski definition) is 0. The summed E-state index contributed by atoms with van der Waals surface area (Å²) in [5.74, 6) is 0. The van der Waals surface area contributed by atoms with E-state index in [9.17, 15) is 4.79 Å². The molecule has 1 fully saturated rings. The molecule has 7 nitrogen and oxygen atoms in total. The Morgan fingerprint density at radius 1 is 1.30 bits per heavy atom. The average Bonchev–Trinajstić information content (AvgIpc) is 3.21. The molecule has 3 aromatic rings. The molecule has 3 aromatic heterocycles. The molecule has 0 bridgehead atoms. The van der Waals surface area contributed by atoms with E-state index in [4.69, 9.17) is 0 Å². The molecule has 0 saturated carbocycles. The third kappa shape index (κ3) is 2.87. The van der Waals surface area contributed by atoms with Gasteiger partial charge in [-0.2, -0.15) is 5.10 Å². The Balaban J connectivity index is 1.56. The van der Waals surface area contributed by atoms with Crippen molar-refractivity contribution in [2.45, 2.75) is 32.0 Å². The van der Waals surface area contributed by atoms with Crippen LogP contribution >= 0.6 is 0 Å². The normalized spacial score (nSPS) is 18.7. The van der Waals surface area contributed by atoms with Crippen molar-refractivity contribution < 1.29 is 0 Å². The molecular weight excluding hydrogens is 292 g/mol. The standard InChI is InChI=1S/C16H18N6O/c23-16-8-13(19-15-5-1-2-7-22(15)16)9-20-6-3-4-14(20)10-21-12-17-11-18-21/h1-2,5,7-8,11-12,14H,3-4,6,9-10H2/t14-/m1/s1. The summed E-state index contributed by atoms with van der Waals surface area (Å²) < 4.78 is 3.44. The third-order valence-electron chi connectivity index (χ3n) is 4.35. The lowest BCUT2D eigenvalue weighted by atomic mass is 10.2. The molecule has 1 atom stereocenters. The second-order valence-corrected chi connectivity index (χ2v) is 5.90. The van der Waals surface area contributed by atoms with E-state index >= 15 is 0 Å². The van der Waals surface area contributed by atoms with E-state index in [1.807, 2.05) is 22.9 Å². The summed E-state index contributed by atoms with van der Waals surface area (Å²) in [4.78, 5) is 23.2. The van der Waals surface area contributed by atoms with E-state index in [0.717, 1.165) is 31.6 Å². The maximum Gasteiger partial charge on any atom is 0.258 e. The predicted molar refractivity (Wildman–Crippen MR) is 84.9 cm³/mol. The molecule has 23 heavy (non-hydrogen) atoms. The van der Waals surface area contributed by atoms with Crippen molar-refractivity contribution in [1.82, 2.24) is 29.0 Å². The zero-order valence-electron chi connectivity index (χ0n) is 12.7. The molecule has 7 heteroatoms. The van der Waals surface area contributed by atoms with Crippen molar-refractivity contribution in [2.75, 3.05) is 6.54 Å². The van der Waals surface area contributed by atoms with Gasteiger partial charge in [0, 0.05) is 24.8 Å². The average molecular weight is 310 g/mol. The summed E-state index contributed by atoms with van der Waals surface area (Å²) in [7, 11) is 0. The number of likely N-dealkylation sites (tertiary alicyclic amines) is 1. The highest BCUT2D eigenvalue weighted by Gasteiger charge is 2.25. The number of nitrogens with zero attached hydrogens (tertiary/aromatic N) is 6. The van der Waals surface area contributed by atoms with Gasteiger partial charge in [-0.3, -0.25) is 18.8 Å². The van der Waals surface area contributed by atoms with Gasteiger partial charge < -0.3 is 0 Å². The Labute approximate surface area is 133 Å². The highest BCUT2D eigenvalue weighted by molar-refractivity contribution is 5.37. The number of pyridine rings is 1. The fraction of sp³-hybridized carbons (Fsp3) is 0.375. The molecule has 0 spiro atoms. The maximum absolute atomic E-state index is 12.2. The Hall–Kier alpha value is -2.54. The van der Waals surface area contributed by atoms with Crippen LogP contribution in [0.25, 0.3) is 5.65 Å². The number of hydrogen-bond acceptors (Lipinski definition) is 5. The Morgan fingerprint density at radius 2 is 2.26 bits per heavy atom. The van der Waals surface area contributed by atoms with Crippen LogP contribution in [0.2, 0.25) is 0 Å². The van der Waals surface area contributed by atoms with Crippen LogP contribution in [0.1, 0.15) is 18.5 Å². The summed E-state index contributed by atoms with van der Waals surface area (Å²) in [5.41, 5.74) is 1.49. The van der Waals surface area contributed by atoms with E-state index < -0.39 is 0 Å². The first kappa shape index (κ1) is 14.1. The summed E-state index contributed by atoms with van der Waals surface area (Å²) >= 11 is 0. The molecule has 0 radical (unpaired) electrons. The molecule has 0 aromatic carbocycles. The van der Waals surface area contributed by atoms with E-state index in [2.05, 4.69) is 20.0 Å². The molecule has 4 heterocycles. The smallest absolute Gasteiger partial charge is 0.258 e. The molecule has 0 aliphatic carbocycles. The van der Waals surface area contributed by atoms with E-state index in [1.54, 1.807) is 29.3 Å². The van der Waals surface area contributed by atoms with Gasteiger partial charge in [-0.25, -0.2) is 9.97 Å². The quantitative estimate of drug-likeness (QED) is 0.718. The van der Waals surface area contributed by atoms with Crippen LogP contribution in [0.5, 0.6) is 0 Å². The van der Waals surface area contributed by atoms with Crippen molar-refractivity contribution in [3.63, 3.8) is 0 Å². The van der Waals surface area contributed by atoms with Crippen molar-refractivity contribution in [3.05, 3.63) is 59.2 Å². The second-order valence-electron chi connectivity index (χ2n) is 5.90. The first-order valence-corrected chi connectivity index (χ1v) is 7.83. The molecule has 0 unspecified atom stereocenters. The van der Waals surface area contributed by atoms with Crippen LogP contribution in [0, 0.1) is 0 Å². The first-order valence-electron chi connectivity index (χ1n) is 7.83. The molecule has 118 valence electrons. The minimum Gasteiger partial charge on any atom is -0.293 e. The number of aromatic nitrogens is 5. The zero-order valence-corrected chi connectivity index (χ0v) is 12.7. The fourth-order valence-corrected chi connectivity index (χ4v) is 3.25. The van der Waals surface area contributed by atoms with E-state index in [-0.39, 0.29) is 5.56 Å². The lowest BCUT2D eigenvalue weighted by Crippen LogP contribution is -2.33.